The summed E-state index contributed by atoms with van der Waals surface area (Å²) in [5, 5.41) is 2.50. The van der Waals surface area contributed by atoms with E-state index in [1.807, 2.05) is 0 Å². The molecule has 0 spiro atoms. The first kappa shape index (κ1) is 21.9. The molecule has 29 heavy (non-hydrogen) atoms. The van der Waals surface area contributed by atoms with Gasteiger partial charge in [0.05, 0.1) is 11.4 Å². The van der Waals surface area contributed by atoms with Crippen molar-refractivity contribution in [3.8, 4) is 0 Å². The number of anilines is 4. The predicted octanol–water partition coefficient (Wildman–Crippen LogP) is 8.06. The molecular formula is C24H22Br2N2Ni+2. The molecule has 0 saturated heterocycles. The summed E-state index contributed by atoms with van der Waals surface area (Å²) in [6, 6.07) is 34.0. The fourth-order valence-electron chi connectivity index (χ4n) is 3.44. The Hall–Kier alpha value is -1.81. The minimum atomic E-state index is 1.18. The van der Waals surface area contributed by atoms with Crippen LogP contribution in [0.3, 0.4) is 0 Å². The van der Waals surface area contributed by atoms with Gasteiger partial charge >= 0.3 is 39.3 Å². The third-order valence-electron chi connectivity index (χ3n) is 4.87. The molecule has 4 aromatic rings. The zero-order chi connectivity index (χ0) is 20.6. The molecule has 0 aliphatic carbocycles. The molecule has 0 bridgehead atoms. The molecule has 0 aliphatic heterocycles. The van der Waals surface area contributed by atoms with Crippen LogP contribution in [-0.2, 0) is 10.9 Å². The van der Waals surface area contributed by atoms with Crippen molar-refractivity contribution in [1.29, 1.82) is 0 Å². The average molecular weight is 557 g/mol. The average Bonchev–Trinajstić information content (AvgIpc) is 2.79. The number of para-hydroxylation sites is 2. The van der Waals surface area contributed by atoms with E-state index in [0.29, 0.717) is 0 Å². The van der Waals surface area contributed by atoms with Crippen LogP contribution in [0.1, 0.15) is 0 Å². The van der Waals surface area contributed by atoms with E-state index < -0.39 is 0 Å². The molecule has 0 fully saturated rings. The molecule has 0 atom stereocenters. The van der Waals surface area contributed by atoms with E-state index in [1.54, 1.807) is 0 Å². The summed E-state index contributed by atoms with van der Waals surface area (Å²) < 4.78 is 0. The van der Waals surface area contributed by atoms with Crippen molar-refractivity contribution < 1.29 is 10.9 Å². The fourth-order valence-corrected chi connectivity index (χ4v) is 3.44. The zero-order valence-corrected chi connectivity index (χ0v) is 20.4. The Morgan fingerprint density at radius 3 is 1.31 bits per heavy atom. The molecular weight excluding hydrogens is 535 g/mol. The van der Waals surface area contributed by atoms with Gasteiger partial charge in [0.15, 0.2) is 0 Å². The Morgan fingerprint density at radius 2 is 0.931 bits per heavy atom. The number of nitrogens with zero attached hydrogens (tertiary/aromatic N) is 2. The van der Waals surface area contributed by atoms with E-state index in [9.17, 15) is 0 Å². The standard InChI is InChI=1S/C24H22N2.2BrH.Ni/c1-25(20-13-5-3-6-14-20)22-17-9-11-19-12-10-18-23(24(19)22)26(2)21-15-7-4-8-16-21;;;/h3-18H,1-2H3;2*1H;/q;;;+4/p-2. The summed E-state index contributed by atoms with van der Waals surface area (Å²) in [7, 11) is 5.51. The van der Waals surface area contributed by atoms with Crippen molar-refractivity contribution in [3.05, 3.63) is 97.1 Å². The van der Waals surface area contributed by atoms with Crippen molar-refractivity contribution in [1.82, 2.24) is 0 Å². The molecule has 0 amide bonds. The van der Waals surface area contributed by atoms with E-state index in [4.69, 9.17) is 0 Å². The van der Waals surface area contributed by atoms with Crippen LogP contribution in [0.5, 0.6) is 0 Å². The van der Waals surface area contributed by atoms with Crippen molar-refractivity contribution in [3.63, 3.8) is 0 Å². The van der Waals surface area contributed by atoms with E-state index in [2.05, 4.69) is 149 Å². The predicted molar refractivity (Wildman–Crippen MR) is 131 cm³/mol. The molecule has 2 nitrogen and oxygen atoms in total. The minimum absolute atomic E-state index is 1.18. The maximum atomic E-state index is 3.00. The van der Waals surface area contributed by atoms with Gasteiger partial charge in [-0.2, -0.15) is 0 Å². The molecule has 0 heterocycles. The van der Waals surface area contributed by atoms with Gasteiger partial charge in [0.2, 0.25) is 0 Å². The normalized spacial score (nSPS) is 10.3. The number of rotatable bonds is 4. The summed E-state index contributed by atoms with van der Waals surface area (Å²) in [5.41, 5.74) is 4.76. The third kappa shape index (κ3) is 5.22. The molecule has 0 aromatic heterocycles. The summed E-state index contributed by atoms with van der Waals surface area (Å²) in [5.74, 6) is 0. The van der Waals surface area contributed by atoms with Crippen molar-refractivity contribution >= 4 is 62.0 Å². The number of benzene rings is 4. The molecule has 150 valence electrons. The Morgan fingerprint density at radius 1 is 0.552 bits per heavy atom. The number of fused-ring (bicyclic) bond motifs is 1. The van der Waals surface area contributed by atoms with E-state index >= 15 is 0 Å². The molecule has 0 saturated carbocycles. The first-order valence-electron chi connectivity index (χ1n) is 9.09. The van der Waals surface area contributed by atoms with Crippen LogP contribution in [0.25, 0.3) is 10.8 Å². The zero-order valence-electron chi connectivity index (χ0n) is 16.2. The van der Waals surface area contributed by atoms with Crippen LogP contribution in [0.2, 0.25) is 0 Å². The van der Waals surface area contributed by atoms with Crippen molar-refractivity contribution in [2.45, 2.75) is 0 Å². The number of halogens is 2. The Balaban J connectivity index is 0.000000755. The molecule has 0 N–H and O–H groups in total. The van der Waals surface area contributed by atoms with Gasteiger partial charge in [-0.1, -0.05) is 60.7 Å². The monoisotopic (exact) mass is 554 g/mol. The Labute approximate surface area is 192 Å². The summed E-state index contributed by atoms with van der Waals surface area (Å²) in [4.78, 5) is 4.51. The van der Waals surface area contributed by atoms with Gasteiger partial charge in [-0.25, -0.2) is 0 Å². The van der Waals surface area contributed by atoms with Gasteiger partial charge in [-0.15, -0.1) is 0 Å². The first-order chi connectivity index (χ1) is 14.2. The van der Waals surface area contributed by atoms with Gasteiger partial charge in [-0.3, -0.25) is 0 Å². The van der Waals surface area contributed by atoms with Gasteiger partial charge in [0.25, 0.3) is 0 Å². The molecule has 5 heteroatoms. The SMILES string of the molecule is CN(c1ccccc1)c1cccc2cccc(N(C)c3ccccc3)c12.[Br][Ni+2][Br]. The second kappa shape index (κ2) is 10.8. The second-order valence-corrected chi connectivity index (χ2v) is 11.5. The topological polar surface area (TPSA) is 6.48 Å². The van der Waals surface area contributed by atoms with Crippen LogP contribution in [0, 0.1) is 0 Å². The summed E-state index contributed by atoms with van der Waals surface area (Å²) in [6.07, 6.45) is 0. The van der Waals surface area contributed by atoms with Gasteiger partial charge in [0.1, 0.15) is 0 Å². The van der Waals surface area contributed by atoms with Crippen LogP contribution >= 0.6 is 28.5 Å². The Kier molecular flexibility index (Phi) is 8.17. The molecule has 4 rings (SSSR count). The molecule has 0 aliphatic rings. The fraction of sp³-hybridized carbons (Fsp3) is 0.0833. The van der Waals surface area contributed by atoms with E-state index in [1.165, 1.54) is 44.4 Å². The van der Waals surface area contributed by atoms with Crippen molar-refractivity contribution in [2.75, 3.05) is 23.9 Å². The quantitative estimate of drug-likeness (QED) is 0.235. The van der Waals surface area contributed by atoms with Gasteiger partial charge < -0.3 is 9.80 Å². The summed E-state index contributed by atoms with van der Waals surface area (Å²) in [6.45, 7) is 0. The summed E-state index contributed by atoms with van der Waals surface area (Å²) >= 11 is 6.00. The number of hydrogen-bond acceptors (Lipinski definition) is 2. The van der Waals surface area contributed by atoms with Crippen LogP contribution < -0.4 is 9.80 Å². The number of hydrogen-bond donors (Lipinski definition) is 0. The molecule has 0 unspecified atom stereocenters. The third-order valence-corrected chi connectivity index (χ3v) is 4.87. The van der Waals surface area contributed by atoms with Crippen LogP contribution in [0.4, 0.5) is 22.7 Å². The van der Waals surface area contributed by atoms with E-state index in [0.717, 1.165) is 0 Å². The van der Waals surface area contributed by atoms with Crippen LogP contribution in [0.15, 0.2) is 97.1 Å². The van der Waals surface area contributed by atoms with Crippen molar-refractivity contribution in [2.24, 2.45) is 0 Å². The van der Waals surface area contributed by atoms with Gasteiger partial charge in [-0.05, 0) is 41.8 Å². The van der Waals surface area contributed by atoms with Crippen LogP contribution in [-0.4, -0.2) is 14.1 Å². The molecule has 0 radical (unpaired) electrons. The second-order valence-electron chi connectivity index (χ2n) is 6.49. The Bertz CT molecular complexity index is 962. The van der Waals surface area contributed by atoms with E-state index in [-0.39, 0.29) is 0 Å². The maximum absolute atomic E-state index is 3.00. The first-order valence-corrected chi connectivity index (χ1v) is 14.0. The van der Waals surface area contributed by atoms with Gasteiger partial charge in [0, 0.05) is 30.9 Å². The molecule has 4 aromatic carbocycles.